The van der Waals surface area contributed by atoms with E-state index in [0.29, 0.717) is 0 Å². The fourth-order valence-corrected chi connectivity index (χ4v) is 0.746. The van der Waals surface area contributed by atoms with Crippen LogP contribution in [-0.4, -0.2) is 33.8 Å². The predicted octanol–water partition coefficient (Wildman–Crippen LogP) is -0.123. The molecule has 0 aliphatic rings. The molecule has 0 aromatic carbocycles. The molecule has 0 N–H and O–H groups in total. The number of rotatable bonds is 2. The minimum atomic E-state index is 0.844. The molecule has 0 spiro atoms. The van der Waals surface area contributed by atoms with Crippen molar-refractivity contribution in [1.29, 1.82) is 0 Å². The first-order valence-electron chi connectivity index (χ1n) is 3.18. The van der Waals surface area contributed by atoms with Crippen LogP contribution in [0.4, 0.5) is 0 Å². The second-order valence-corrected chi connectivity index (χ2v) is 2.54. The van der Waals surface area contributed by atoms with Crippen molar-refractivity contribution in [2.45, 2.75) is 6.54 Å². The third-order valence-corrected chi connectivity index (χ3v) is 1.26. The van der Waals surface area contributed by atoms with Crippen molar-refractivity contribution >= 4 is 0 Å². The van der Waals surface area contributed by atoms with Gasteiger partial charge in [-0.3, -0.25) is 4.68 Å². The second-order valence-electron chi connectivity index (χ2n) is 2.54. The van der Waals surface area contributed by atoms with Gasteiger partial charge >= 0.3 is 0 Å². The minimum absolute atomic E-state index is 0.844. The Morgan fingerprint density at radius 3 is 2.70 bits per heavy atom. The molecule has 4 heteroatoms. The van der Waals surface area contributed by atoms with E-state index in [1.807, 2.05) is 21.1 Å². The molecule has 1 aromatic rings. The Morgan fingerprint density at radius 1 is 1.60 bits per heavy atom. The zero-order chi connectivity index (χ0) is 7.56. The van der Waals surface area contributed by atoms with Crippen LogP contribution < -0.4 is 0 Å². The van der Waals surface area contributed by atoms with Crippen LogP contribution in [0.5, 0.6) is 0 Å². The highest BCUT2D eigenvalue weighted by Crippen LogP contribution is 1.92. The summed E-state index contributed by atoms with van der Waals surface area (Å²) < 4.78 is 1.78. The number of nitrogens with zero attached hydrogens (tertiary/aromatic N) is 4. The van der Waals surface area contributed by atoms with Gasteiger partial charge in [0, 0.05) is 7.05 Å². The molecule has 0 fully saturated rings. The lowest BCUT2D eigenvalue weighted by molar-refractivity contribution is 0.381. The average Bonchev–Trinajstić information content (AvgIpc) is 2.15. The van der Waals surface area contributed by atoms with Gasteiger partial charge in [0.05, 0.1) is 6.54 Å². The largest absolute Gasteiger partial charge is 0.302 e. The SMILES string of the molecule is CN(C)Cc1ncnn1C. The third kappa shape index (κ3) is 1.54. The molecule has 0 atom stereocenters. The van der Waals surface area contributed by atoms with Gasteiger partial charge in [-0.05, 0) is 14.1 Å². The summed E-state index contributed by atoms with van der Waals surface area (Å²) in [6.45, 7) is 0.844. The summed E-state index contributed by atoms with van der Waals surface area (Å²) >= 11 is 0. The smallest absolute Gasteiger partial charge is 0.140 e. The standard InChI is InChI=1S/C6H12N4/c1-9(2)4-6-7-5-8-10(6)3/h5H,4H2,1-3H3. The molecule has 0 aliphatic carbocycles. The quantitative estimate of drug-likeness (QED) is 0.574. The monoisotopic (exact) mass is 140 g/mol. The number of hydrogen-bond donors (Lipinski definition) is 0. The van der Waals surface area contributed by atoms with Crippen LogP contribution in [0.1, 0.15) is 5.82 Å². The van der Waals surface area contributed by atoms with Crippen molar-refractivity contribution in [2.24, 2.45) is 7.05 Å². The van der Waals surface area contributed by atoms with E-state index in [-0.39, 0.29) is 0 Å². The molecular formula is C6H12N4. The van der Waals surface area contributed by atoms with Crippen molar-refractivity contribution < 1.29 is 0 Å². The van der Waals surface area contributed by atoms with E-state index < -0.39 is 0 Å². The van der Waals surface area contributed by atoms with Gasteiger partial charge in [-0.25, -0.2) is 4.98 Å². The average molecular weight is 140 g/mol. The van der Waals surface area contributed by atoms with Crippen molar-refractivity contribution in [1.82, 2.24) is 19.7 Å². The molecule has 0 bridgehead atoms. The van der Waals surface area contributed by atoms with E-state index in [1.54, 1.807) is 11.0 Å². The first-order valence-corrected chi connectivity index (χ1v) is 3.18. The molecule has 56 valence electrons. The molecule has 0 saturated carbocycles. The summed E-state index contributed by atoms with van der Waals surface area (Å²) in [7, 11) is 5.91. The zero-order valence-electron chi connectivity index (χ0n) is 6.57. The lowest BCUT2D eigenvalue weighted by atomic mass is 10.5. The number of aromatic nitrogens is 3. The van der Waals surface area contributed by atoms with Gasteiger partial charge in [0.25, 0.3) is 0 Å². The Labute approximate surface area is 60.5 Å². The molecule has 0 radical (unpaired) electrons. The van der Waals surface area contributed by atoms with Crippen molar-refractivity contribution in [3.63, 3.8) is 0 Å². The highest BCUT2D eigenvalue weighted by Gasteiger charge is 1.99. The molecule has 0 saturated heterocycles. The van der Waals surface area contributed by atoms with Gasteiger partial charge in [-0.1, -0.05) is 0 Å². The van der Waals surface area contributed by atoms with Gasteiger partial charge in [-0.2, -0.15) is 5.10 Å². The topological polar surface area (TPSA) is 34.0 Å². The first kappa shape index (κ1) is 7.21. The molecule has 1 rings (SSSR count). The molecular weight excluding hydrogens is 128 g/mol. The molecule has 0 unspecified atom stereocenters. The Balaban J connectivity index is 2.65. The fraction of sp³-hybridized carbons (Fsp3) is 0.667. The minimum Gasteiger partial charge on any atom is -0.302 e. The van der Waals surface area contributed by atoms with Crippen LogP contribution in [0.3, 0.4) is 0 Å². The Kier molecular flexibility index (Phi) is 2.01. The molecule has 0 aliphatic heterocycles. The Morgan fingerprint density at radius 2 is 2.30 bits per heavy atom. The van der Waals surface area contributed by atoms with Crippen LogP contribution in [0.15, 0.2) is 6.33 Å². The second kappa shape index (κ2) is 2.79. The lowest BCUT2D eigenvalue weighted by Crippen LogP contribution is -2.14. The maximum Gasteiger partial charge on any atom is 0.140 e. The van der Waals surface area contributed by atoms with Gasteiger partial charge in [-0.15, -0.1) is 0 Å². The maximum absolute atomic E-state index is 4.07. The molecule has 4 nitrogen and oxygen atoms in total. The van der Waals surface area contributed by atoms with Gasteiger partial charge in [0.1, 0.15) is 12.2 Å². The zero-order valence-corrected chi connectivity index (χ0v) is 6.57. The van der Waals surface area contributed by atoms with E-state index in [2.05, 4.69) is 15.0 Å². The van der Waals surface area contributed by atoms with Gasteiger partial charge in [0.2, 0.25) is 0 Å². The summed E-state index contributed by atoms with van der Waals surface area (Å²) in [6, 6.07) is 0. The molecule has 1 heterocycles. The molecule has 10 heavy (non-hydrogen) atoms. The normalized spacial score (nSPS) is 10.8. The van der Waals surface area contributed by atoms with Crippen molar-refractivity contribution in [3.8, 4) is 0 Å². The molecule has 1 aromatic heterocycles. The highest BCUT2D eigenvalue weighted by atomic mass is 15.3. The summed E-state index contributed by atoms with van der Waals surface area (Å²) in [5, 5.41) is 3.95. The van der Waals surface area contributed by atoms with Crippen LogP contribution in [0, 0.1) is 0 Å². The van der Waals surface area contributed by atoms with E-state index in [9.17, 15) is 0 Å². The van der Waals surface area contributed by atoms with Crippen molar-refractivity contribution in [3.05, 3.63) is 12.2 Å². The van der Waals surface area contributed by atoms with E-state index in [4.69, 9.17) is 0 Å². The lowest BCUT2D eigenvalue weighted by Gasteiger charge is -2.06. The summed E-state index contributed by atoms with van der Waals surface area (Å²) in [5.74, 6) is 0.991. The highest BCUT2D eigenvalue weighted by molar-refractivity contribution is 4.81. The summed E-state index contributed by atoms with van der Waals surface area (Å²) in [4.78, 5) is 6.13. The van der Waals surface area contributed by atoms with Crippen LogP contribution >= 0.6 is 0 Å². The Bertz CT molecular complexity index is 203. The molecule has 0 amide bonds. The van der Waals surface area contributed by atoms with Gasteiger partial charge in [0.15, 0.2) is 0 Å². The van der Waals surface area contributed by atoms with Crippen molar-refractivity contribution in [2.75, 3.05) is 14.1 Å². The van der Waals surface area contributed by atoms with Crippen LogP contribution in [-0.2, 0) is 13.6 Å². The van der Waals surface area contributed by atoms with Crippen LogP contribution in [0.25, 0.3) is 0 Å². The van der Waals surface area contributed by atoms with E-state index in [0.717, 1.165) is 12.4 Å². The third-order valence-electron chi connectivity index (χ3n) is 1.26. The maximum atomic E-state index is 4.07. The van der Waals surface area contributed by atoms with E-state index in [1.165, 1.54) is 0 Å². The summed E-state index contributed by atoms with van der Waals surface area (Å²) in [5.41, 5.74) is 0. The summed E-state index contributed by atoms with van der Waals surface area (Å²) in [6.07, 6.45) is 1.57. The number of hydrogen-bond acceptors (Lipinski definition) is 3. The van der Waals surface area contributed by atoms with Crippen LogP contribution in [0.2, 0.25) is 0 Å². The van der Waals surface area contributed by atoms with Gasteiger partial charge < -0.3 is 4.90 Å². The number of aryl methyl sites for hydroxylation is 1. The Hall–Kier alpha value is -0.900. The first-order chi connectivity index (χ1) is 4.70. The predicted molar refractivity (Wildman–Crippen MR) is 38.4 cm³/mol. The fourth-order valence-electron chi connectivity index (χ4n) is 0.746. The van der Waals surface area contributed by atoms with E-state index >= 15 is 0 Å².